The van der Waals surface area contributed by atoms with Crippen molar-refractivity contribution in [3.8, 4) is 11.3 Å². The monoisotopic (exact) mass is 340 g/mol. The minimum absolute atomic E-state index is 0.00892. The second-order valence-electron chi connectivity index (χ2n) is 6.15. The number of amides is 1. The standard InChI is InChI=1S/C18H20N4O3/c1-13(23)19-15-8-5-11-21(12-15)17-10-9-16(22(24)25)18(20-17)14-6-3-2-4-7-14/h2-4,6-7,9-10,15H,5,8,11-12H2,1H3,(H,19,23). The van der Waals surface area contributed by atoms with Crippen molar-refractivity contribution in [3.63, 3.8) is 0 Å². The zero-order valence-electron chi connectivity index (χ0n) is 14.0. The molecule has 1 aromatic carbocycles. The topological polar surface area (TPSA) is 88.4 Å². The van der Waals surface area contributed by atoms with Gasteiger partial charge < -0.3 is 10.2 Å². The van der Waals surface area contributed by atoms with Crippen molar-refractivity contribution in [2.24, 2.45) is 0 Å². The third kappa shape index (κ3) is 3.93. The van der Waals surface area contributed by atoms with E-state index >= 15 is 0 Å². The summed E-state index contributed by atoms with van der Waals surface area (Å²) < 4.78 is 0. The molecule has 25 heavy (non-hydrogen) atoms. The quantitative estimate of drug-likeness (QED) is 0.683. The van der Waals surface area contributed by atoms with Crippen molar-refractivity contribution in [1.82, 2.24) is 10.3 Å². The highest BCUT2D eigenvalue weighted by molar-refractivity contribution is 5.73. The Hall–Kier alpha value is -2.96. The number of nitro groups is 1. The van der Waals surface area contributed by atoms with E-state index in [1.807, 2.05) is 30.3 Å². The van der Waals surface area contributed by atoms with Crippen LogP contribution >= 0.6 is 0 Å². The summed E-state index contributed by atoms with van der Waals surface area (Å²) in [6.45, 7) is 2.98. The van der Waals surface area contributed by atoms with Gasteiger partial charge in [0.05, 0.1) is 4.92 Å². The summed E-state index contributed by atoms with van der Waals surface area (Å²) in [7, 11) is 0. The van der Waals surface area contributed by atoms with Crippen LogP contribution in [0.1, 0.15) is 19.8 Å². The van der Waals surface area contributed by atoms with Gasteiger partial charge in [0.2, 0.25) is 5.91 Å². The van der Waals surface area contributed by atoms with Gasteiger partial charge in [0.1, 0.15) is 5.82 Å². The number of piperidine rings is 1. The van der Waals surface area contributed by atoms with E-state index in [2.05, 4.69) is 15.2 Å². The fourth-order valence-electron chi connectivity index (χ4n) is 3.16. The van der Waals surface area contributed by atoms with E-state index in [0.29, 0.717) is 23.6 Å². The first kappa shape index (κ1) is 16.9. The Kier molecular flexibility index (Phi) is 4.92. The SMILES string of the molecule is CC(=O)NC1CCCN(c2ccc([N+](=O)[O-])c(-c3ccccc3)n2)C1. The Morgan fingerprint density at radius 3 is 2.72 bits per heavy atom. The van der Waals surface area contributed by atoms with Crippen LogP contribution < -0.4 is 10.2 Å². The summed E-state index contributed by atoms with van der Waals surface area (Å²) in [5.41, 5.74) is 1.07. The van der Waals surface area contributed by atoms with Gasteiger partial charge in [-0.1, -0.05) is 30.3 Å². The molecule has 1 fully saturated rings. The molecule has 2 heterocycles. The van der Waals surface area contributed by atoms with Gasteiger partial charge in [0.15, 0.2) is 5.69 Å². The van der Waals surface area contributed by atoms with Crippen LogP contribution in [-0.2, 0) is 4.79 Å². The lowest BCUT2D eigenvalue weighted by atomic mass is 10.1. The zero-order chi connectivity index (χ0) is 17.8. The number of pyridine rings is 1. The van der Waals surface area contributed by atoms with Crippen LogP contribution in [0.4, 0.5) is 11.5 Å². The van der Waals surface area contributed by atoms with E-state index in [1.54, 1.807) is 6.07 Å². The molecule has 2 aromatic rings. The summed E-state index contributed by atoms with van der Waals surface area (Å²) in [6, 6.07) is 12.4. The van der Waals surface area contributed by atoms with E-state index in [9.17, 15) is 14.9 Å². The second-order valence-corrected chi connectivity index (χ2v) is 6.15. The molecule has 7 nitrogen and oxygen atoms in total. The van der Waals surface area contributed by atoms with Crippen molar-refractivity contribution in [2.45, 2.75) is 25.8 Å². The van der Waals surface area contributed by atoms with Gasteiger partial charge in [0, 0.05) is 37.7 Å². The lowest BCUT2D eigenvalue weighted by Crippen LogP contribution is -2.47. The van der Waals surface area contributed by atoms with Crippen LogP contribution in [0.3, 0.4) is 0 Å². The molecule has 0 aliphatic carbocycles. The van der Waals surface area contributed by atoms with Gasteiger partial charge in [-0.05, 0) is 18.9 Å². The van der Waals surface area contributed by atoms with Gasteiger partial charge in [-0.25, -0.2) is 4.98 Å². The summed E-state index contributed by atoms with van der Waals surface area (Å²) in [5, 5.41) is 14.3. The predicted molar refractivity (Wildman–Crippen MR) is 95.4 cm³/mol. The van der Waals surface area contributed by atoms with E-state index in [-0.39, 0.29) is 17.6 Å². The van der Waals surface area contributed by atoms with Gasteiger partial charge >= 0.3 is 0 Å². The van der Waals surface area contributed by atoms with Crippen LogP contribution in [0.2, 0.25) is 0 Å². The van der Waals surface area contributed by atoms with Crippen LogP contribution in [0, 0.1) is 10.1 Å². The maximum absolute atomic E-state index is 11.4. The van der Waals surface area contributed by atoms with Crippen molar-refractivity contribution in [1.29, 1.82) is 0 Å². The molecule has 0 spiro atoms. The summed E-state index contributed by atoms with van der Waals surface area (Å²) in [4.78, 5) is 28.9. The van der Waals surface area contributed by atoms with Gasteiger partial charge in [0.25, 0.3) is 5.69 Å². The average Bonchev–Trinajstić information content (AvgIpc) is 2.61. The predicted octanol–water partition coefficient (Wildman–Crippen LogP) is 2.76. The minimum atomic E-state index is -0.407. The van der Waals surface area contributed by atoms with Crippen molar-refractivity contribution in [2.75, 3.05) is 18.0 Å². The molecule has 1 unspecified atom stereocenters. The Morgan fingerprint density at radius 2 is 2.04 bits per heavy atom. The molecule has 1 amide bonds. The Labute approximate surface area is 145 Å². The summed E-state index contributed by atoms with van der Waals surface area (Å²) in [6.07, 6.45) is 1.86. The molecule has 3 rings (SSSR count). The lowest BCUT2D eigenvalue weighted by Gasteiger charge is -2.33. The second kappa shape index (κ2) is 7.29. The van der Waals surface area contributed by atoms with E-state index < -0.39 is 4.92 Å². The number of nitrogens with one attached hydrogen (secondary N) is 1. The number of carbonyl (C=O) groups excluding carboxylic acids is 1. The molecular weight excluding hydrogens is 320 g/mol. The van der Waals surface area contributed by atoms with Crippen molar-refractivity contribution < 1.29 is 9.72 Å². The molecule has 1 aromatic heterocycles. The molecule has 7 heteroatoms. The molecular formula is C18H20N4O3. The highest BCUT2D eigenvalue weighted by Gasteiger charge is 2.24. The van der Waals surface area contributed by atoms with E-state index in [4.69, 9.17) is 0 Å². The fourth-order valence-corrected chi connectivity index (χ4v) is 3.16. The molecule has 1 saturated heterocycles. The van der Waals surface area contributed by atoms with Crippen LogP contribution in [-0.4, -0.2) is 34.9 Å². The van der Waals surface area contributed by atoms with Crippen LogP contribution in [0.5, 0.6) is 0 Å². The molecule has 1 atom stereocenters. The minimum Gasteiger partial charge on any atom is -0.355 e. The highest BCUT2D eigenvalue weighted by Crippen LogP contribution is 2.31. The first-order chi connectivity index (χ1) is 12.0. The number of hydrogen-bond acceptors (Lipinski definition) is 5. The molecule has 130 valence electrons. The number of rotatable bonds is 4. The van der Waals surface area contributed by atoms with Crippen LogP contribution in [0.25, 0.3) is 11.3 Å². The Morgan fingerprint density at radius 1 is 1.28 bits per heavy atom. The number of carbonyl (C=O) groups is 1. The molecule has 0 bridgehead atoms. The fraction of sp³-hybridized carbons (Fsp3) is 0.333. The molecule has 1 N–H and O–H groups in total. The first-order valence-corrected chi connectivity index (χ1v) is 8.27. The molecule has 0 radical (unpaired) electrons. The number of hydrogen-bond donors (Lipinski definition) is 1. The van der Waals surface area contributed by atoms with E-state index in [1.165, 1.54) is 13.0 Å². The van der Waals surface area contributed by atoms with Crippen LogP contribution in [0.15, 0.2) is 42.5 Å². The first-order valence-electron chi connectivity index (χ1n) is 8.27. The third-order valence-corrected chi connectivity index (χ3v) is 4.26. The van der Waals surface area contributed by atoms with Gasteiger partial charge in [-0.3, -0.25) is 14.9 Å². The summed E-state index contributed by atoms with van der Waals surface area (Å²) in [5.74, 6) is 0.646. The maximum atomic E-state index is 11.4. The third-order valence-electron chi connectivity index (χ3n) is 4.26. The maximum Gasteiger partial charge on any atom is 0.295 e. The molecule has 0 saturated carbocycles. The Bertz CT molecular complexity index is 779. The lowest BCUT2D eigenvalue weighted by molar-refractivity contribution is -0.384. The molecule has 1 aliphatic heterocycles. The number of aromatic nitrogens is 1. The van der Waals surface area contributed by atoms with Gasteiger partial charge in [-0.2, -0.15) is 0 Å². The van der Waals surface area contributed by atoms with Gasteiger partial charge in [-0.15, -0.1) is 0 Å². The smallest absolute Gasteiger partial charge is 0.295 e. The number of anilines is 1. The number of nitrogens with zero attached hydrogens (tertiary/aromatic N) is 3. The Balaban J connectivity index is 1.92. The van der Waals surface area contributed by atoms with Crippen molar-refractivity contribution >= 4 is 17.4 Å². The van der Waals surface area contributed by atoms with E-state index in [0.717, 1.165) is 19.4 Å². The largest absolute Gasteiger partial charge is 0.355 e. The number of benzene rings is 1. The molecule has 1 aliphatic rings. The normalized spacial score (nSPS) is 17.2. The average molecular weight is 340 g/mol. The zero-order valence-corrected chi connectivity index (χ0v) is 14.0. The van der Waals surface area contributed by atoms with Crippen molar-refractivity contribution in [3.05, 3.63) is 52.6 Å². The highest BCUT2D eigenvalue weighted by atomic mass is 16.6. The summed E-state index contributed by atoms with van der Waals surface area (Å²) >= 11 is 0.